The van der Waals surface area contributed by atoms with Crippen molar-refractivity contribution in [3.63, 3.8) is 0 Å². The molecule has 0 fully saturated rings. The molecular weight excluding hydrogens is 360 g/mol. The number of hydrogen-bond donors (Lipinski definition) is 0. The SMILES string of the molecule is CCc1ccc(-c2cc3cnn(COCC[Si](C)(C)C)c3cc2Cl)cc1. The first-order chi connectivity index (χ1) is 12.4. The molecule has 0 atom stereocenters. The molecule has 0 aliphatic heterocycles. The second kappa shape index (κ2) is 7.95. The Kier molecular flexibility index (Phi) is 5.85. The van der Waals surface area contributed by atoms with Gasteiger partial charge >= 0.3 is 0 Å². The fourth-order valence-electron chi connectivity index (χ4n) is 2.87. The molecule has 0 N–H and O–H groups in total. The average molecular weight is 387 g/mol. The molecule has 0 amide bonds. The summed E-state index contributed by atoms with van der Waals surface area (Å²) in [6, 6.07) is 13.9. The number of fused-ring (bicyclic) bond motifs is 1. The van der Waals surface area contributed by atoms with Crippen molar-refractivity contribution in [1.82, 2.24) is 9.78 Å². The van der Waals surface area contributed by atoms with Gasteiger partial charge < -0.3 is 4.74 Å². The third-order valence-electron chi connectivity index (χ3n) is 4.61. The normalized spacial score (nSPS) is 12.0. The van der Waals surface area contributed by atoms with E-state index in [9.17, 15) is 0 Å². The number of ether oxygens (including phenoxy) is 1. The van der Waals surface area contributed by atoms with Crippen molar-refractivity contribution in [1.29, 1.82) is 0 Å². The van der Waals surface area contributed by atoms with E-state index in [1.165, 1.54) is 5.56 Å². The first kappa shape index (κ1) is 19.1. The fourth-order valence-corrected chi connectivity index (χ4v) is 3.90. The number of nitrogens with zero attached hydrogens (tertiary/aromatic N) is 2. The van der Waals surface area contributed by atoms with Crippen LogP contribution in [0.1, 0.15) is 12.5 Å². The summed E-state index contributed by atoms with van der Waals surface area (Å²) in [7, 11) is -1.07. The van der Waals surface area contributed by atoms with Gasteiger partial charge in [0.2, 0.25) is 0 Å². The minimum atomic E-state index is -1.07. The van der Waals surface area contributed by atoms with E-state index in [4.69, 9.17) is 16.3 Å². The standard InChI is InChI=1S/C21H27ClN2OSi/c1-5-16-6-8-17(9-7-16)19-12-18-14-23-24(21(18)13-20(19)22)15-25-10-11-26(2,3)4/h6-9,12-14H,5,10-11,15H2,1-4H3. The Balaban J connectivity index is 1.79. The number of halogens is 1. The van der Waals surface area contributed by atoms with Crippen LogP contribution in [-0.2, 0) is 17.9 Å². The van der Waals surface area contributed by atoms with Gasteiger partial charge in [-0.25, -0.2) is 4.68 Å². The minimum Gasteiger partial charge on any atom is -0.360 e. The Bertz CT molecular complexity index is 881. The molecule has 1 aromatic heterocycles. The summed E-state index contributed by atoms with van der Waals surface area (Å²) in [5.41, 5.74) is 4.51. The molecule has 0 unspecified atom stereocenters. The van der Waals surface area contributed by atoms with Crippen LogP contribution in [0.5, 0.6) is 0 Å². The number of benzene rings is 2. The van der Waals surface area contributed by atoms with E-state index in [1.807, 2.05) is 16.9 Å². The molecule has 3 nitrogen and oxygen atoms in total. The van der Waals surface area contributed by atoms with Crippen LogP contribution in [0.3, 0.4) is 0 Å². The van der Waals surface area contributed by atoms with E-state index in [0.29, 0.717) is 6.73 Å². The molecule has 138 valence electrons. The molecular formula is C21H27ClN2OSi. The van der Waals surface area contributed by atoms with E-state index < -0.39 is 8.07 Å². The highest BCUT2D eigenvalue weighted by Crippen LogP contribution is 2.32. The Morgan fingerprint density at radius 2 is 1.85 bits per heavy atom. The van der Waals surface area contributed by atoms with Crippen molar-refractivity contribution in [3.05, 3.63) is 53.2 Å². The first-order valence-electron chi connectivity index (χ1n) is 9.19. The van der Waals surface area contributed by atoms with Gasteiger partial charge in [0.15, 0.2) is 0 Å². The molecule has 0 bridgehead atoms. The predicted molar refractivity (Wildman–Crippen MR) is 114 cm³/mol. The minimum absolute atomic E-state index is 0.467. The van der Waals surface area contributed by atoms with Crippen molar-refractivity contribution >= 4 is 30.6 Å². The average Bonchev–Trinajstić information content (AvgIpc) is 2.99. The van der Waals surface area contributed by atoms with Gasteiger partial charge in [0.25, 0.3) is 0 Å². The molecule has 3 aromatic rings. The highest BCUT2D eigenvalue weighted by molar-refractivity contribution is 6.76. The molecule has 2 aromatic carbocycles. The second-order valence-corrected chi connectivity index (χ2v) is 14.0. The van der Waals surface area contributed by atoms with Crippen LogP contribution in [0, 0.1) is 0 Å². The van der Waals surface area contributed by atoms with E-state index >= 15 is 0 Å². The highest BCUT2D eigenvalue weighted by Gasteiger charge is 2.13. The third kappa shape index (κ3) is 4.56. The quantitative estimate of drug-likeness (QED) is 0.355. The molecule has 0 saturated carbocycles. The number of rotatable bonds is 7. The lowest BCUT2D eigenvalue weighted by Crippen LogP contribution is -2.22. The molecule has 0 radical (unpaired) electrons. The molecule has 5 heteroatoms. The lowest BCUT2D eigenvalue weighted by atomic mass is 10.0. The maximum Gasteiger partial charge on any atom is 0.139 e. The van der Waals surface area contributed by atoms with Crippen LogP contribution < -0.4 is 0 Å². The zero-order valence-corrected chi connectivity index (χ0v) is 17.8. The van der Waals surface area contributed by atoms with Crippen molar-refractivity contribution in [2.45, 2.75) is 45.8 Å². The molecule has 3 rings (SSSR count). The van der Waals surface area contributed by atoms with Gasteiger partial charge in [0.1, 0.15) is 6.73 Å². The first-order valence-corrected chi connectivity index (χ1v) is 13.3. The van der Waals surface area contributed by atoms with Crippen molar-refractivity contribution < 1.29 is 4.74 Å². The summed E-state index contributed by atoms with van der Waals surface area (Å²) in [5.74, 6) is 0. The Morgan fingerprint density at radius 1 is 1.12 bits per heavy atom. The second-order valence-electron chi connectivity index (χ2n) is 7.93. The van der Waals surface area contributed by atoms with Gasteiger partial charge in [-0.1, -0.05) is 62.4 Å². The number of hydrogen-bond acceptors (Lipinski definition) is 2. The summed E-state index contributed by atoms with van der Waals surface area (Å²) in [6.07, 6.45) is 2.93. The van der Waals surface area contributed by atoms with Crippen LogP contribution >= 0.6 is 11.6 Å². The number of aryl methyl sites for hydroxylation is 1. The number of aromatic nitrogens is 2. The van der Waals surface area contributed by atoms with Crippen molar-refractivity contribution in [2.24, 2.45) is 0 Å². The van der Waals surface area contributed by atoms with E-state index in [0.717, 1.165) is 46.1 Å². The summed E-state index contributed by atoms with van der Waals surface area (Å²) in [6.45, 7) is 10.5. The summed E-state index contributed by atoms with van der Waals surface area (Å²) >= 11 is 6.59. The smallest absolute Gasteiger partial charge is 0.139 e. The molecule has 0 spiro atoms. The summed E-state index contributed by atoms with van der Waals surface area (Å²) < 4.78 is 7.72. The van der Waals surface area contributed by atoms with Crippen LogP contribution in [0.15, 0.2) is 42.6 Å². The monoisotopic (exact) mass is 386 g/mol. The lowest BCUT2D eigenvalue weighted by molar-refractivity contribution is 0.0817. The molecule has 0 aliphatic rings. The molecule has 26 heavy (non-hydrogen) atoms. The zero-order chi connectivity index (χ0) is 18.7. The van der Waals surface area contributed by atoms with E-state index in [2.05, 4.69) is 62.0 Å². The van der Waals surface area contributed by atoms with Gasteiger partial charge in [-0.05, 0) is 35.7 Å². The summed E-state index contributed by atoms with van der Waals surface area (Å²) in [5, 5.41) is 6.30. The Hall–Kier alpha value is -1.62. The zero-order valence-electron chi connectivity index (χ0n) is 16.1. The van der Waals surface area contributed by atoms with Crippen LogP contribution in [0.2, 0.25) is 30.7 Å². The maximum atomic E-state index is 6.59. The topological polar surface area (TPSA) is 27.1 Å². The third-order valence-corrected chi connectivity index (χ3v) is 6.63. The van der Waals surface area contributed by atoms with Crippen molar-refractivity contribution in [3.8, 4) is 11.1 Å². The largest absolute Gasteiger partial charge is 0.360 e. The van der Waals surface area contributed by atoms with Gasteiger partial charge in [0.05, 0.1) is 16.7 Å². The van der Waals surface area contributed by atoms with Gasteiger partial charge in [-0.2, -0.15) is 5.10 Å². The maximum absolute atomic E-state index is 6.59. The van der Waals surface area contributed by atoms with Crippen LogP contribution in [0.4, 0.5) is 0 Å². The van der Waals surface area contributed by atoms with Crippen molar-refractivity contribution in [2.75, 3.05) is 6.61 Å². The molecule has 1 heterocycles. The Morgan fingerprint density at radius 3 is 2.50 bits per heavy atom. The predicted octanol–water partition coefficient (Wildman–Crippen LogP) is 6.23. The van der Waals surface area contributed by atoms with Gasteiger partial charge in [-0.3, -0.25) is 0 Å². The van der Waals surface area contributed by atoms with E-state index in [1.54, 1.807) is 0 Å². The van der Waals surface area contributed by atoms with E-state index in [-0.39, 0.29) is 0 Å². The fraction of sp³-hybridized carbons (Fsp3) is 0.381. The van der Waals surface area contributed by atoms with Gasteiger partial charge in [0, 0.05) is 25.6 Å². The lowest BCUT2D eigenvalue weighted by Gasteiger charge is -2.15. The van der Waals surface area contributed by atoms with Gasteiger partial charge in [-0.15, -0.1) is 0 Å². The summed E-state index contributed by atoms with van der Waals surface area (Å²) in [4.78, 5) is 0. The van der Waals surface area contributed by atoms with Crippen LogP contribution in [-0.4, -0.2) is 24.5 Å². The highest BCUT2D eigenvalue weighted by atomic mass is 35.5. The molecule has 0 saturated heterocycles. The Labute approximate surface area is 161 Å². The molecule has 0 aliphatic carbocycles. The van der Waals surface area contributed by atoms with Crippen LogP contribution in [0.25, 0.3) is 22.0 Å².